The molecular formula is C20H32IN5O2. The third-order valence-corrected chi connectivity index (χ3v) is 4.48. The van der Waals surface area contributed by atoms with Crippen LogP contribution in [-0.4, -0.2) is 60.9 Å². The average molecular weight is 501 g/mol. The number of nitrogens with zero attached hydrogens (tertiary/aromatic N) is 3. The van der Waals surface area contributed by atoms with Gasteiger partial charge in [0, 0.05) is 51.7 Å². The minimum Gasteiger partial charge on any atom is -0.379 e. The molecule has 2 N–H and O–H groups in total. The molecule has 0 saturated carbocycles. The van der Waals surface area contributed by atoms with Crippen molar-refractivity contribution in [1.29, 1.82) is 0 Å². The van der Waals surface area contributed by atoms with Gasteiger partial charge in [-0.15, -0.1) is 24.0 Å². The highest BCUT2D eigenvalue weighted by Crippen LogP contribution is 2.11. The third-order valence-electron chi connectivity index (χ3n) is 4.48. The summed E-state index contributed by atoms with van der Waals surface area (Å²) in [5.74, 6) is 0.848. The lowest BCUT2D eigenvalue weighted by Gasteiger charge is -2.11. The van der Waals surface area contributed by atoms with E-state index in [4.69, 9.17) is 9.47 Å². The molecule has 8 heteroatoms. The van der Waals surface area contributed by atoms with Crippen LogP contribution in [0.15, 0.2) is 35.6 Å². The van der Waals surface area contributed by atoms with E-state index in [1.54, 1.807) is 0 Å². The van der Waals surface area contributed by atoms with Gasteiger partial charge in [0.15, 0.2) is 5.96 Å². The van der Waals surface area contributed by atoms with Crippen molar-refractivity contribution >= 4 is 35.6 Å². The Morgan fingerprint density at radius 2 is 2.32 bits per heavy atom. The van der Waals surface area contributed by atoms with Crippen molar-refractivity contribution in [3.63, 3.8) is 0 Å². The lowest BCUT2D eigenvalue weighted by atomic mass is 10.2. The van der Waals surface area contributed by atoms with Crippen LogP contribution in [0.1, 0.15) is 31.9 Å². The van der Waals surface area contributed by atoms with Crippen LogP contribution in [0, 0.1) is 0 Å². The summed E-state index contributed by atoms with van der Waals surface area (Å²) in [5.41, 5.74) is 2.06. The molecule has 1 unspecified atom stereocenters. The van der Waals surface area contributed by atoms with Gasteiger partial charge in [-0.1, -0.05) is 6.07 Å². The normalized spacial score (nSPS) is 16.9. The minimum atomic E-state index is 0. The highest BCUT2D eigenvalue weighted by molar-refractivity contribution is 14.0. The number of aromatic nitrogens is 2. The fourth-order valence-electron chi connectivity index (χ4n) is 3.11. The Balaban J connectivity index is 0.00000280. The molecule has 0 spiro atoms. The topological polar surface area (TPSA) is 72.2 Å². The number of aliphatic imine (C=N–C) groups is 1. The van der Waals surface area contributed by atoms with Gasteiger partial charge in [-0.25, -0.2) is 4.98 Å². The van der Waals surface area contributed by atoms with E-state index < -0.39 is 0 Å². The Kier molecular flexibility index (Phi) is 10.6. The number of guanidine groups is 1. The largest absolute Gasteiger partial charge is 0.379 e. The van der Waals surface area contributed by atoms with E-state index in [-0.39, 0.29) is 24.0 Å². The molecule has 2 aromatic heterocycles. The zero-order valence-corrected chi connectivity index (χ0v) is 18.9. The van der Waals surface area contributed by atoms with Gasteiger partial charge >= 0.3 is 0 Å². The number of hydrogen-bond acceptors (Lipinski definition) is 4. The van der Waals surface area contributed by atoms with Gasteiger partial charge in [-0.3, -0.25) is 4.99 Å². The van der Waals surface area contributed by atoms with E-state index >= 15 is 0 Å². The van der Waals surface area contributed by atoms with Crippen molar-refractivity contribution in [2.24, 2.45) is 4.99 Å². The standard InChI is InChI=1S/C20H31N5O2.HI/c1-2-21-20(22-10-6-13-26-16-18-7-5-14-27-18)23-11-9-17-15-25-12-4-3-8-19(25)24-17;/h3-4,8,12,15,18H,2,5-7,9-11,13-14,16H2,1H3,(H2,21,22,23);1H. The van der Waals surface area contributed by atoms with Gasteiger partial charge < -0.3 is 24.5 Å². The molecule has 1 fully saturated rings. The predicted octanol–water partition coefficient (Wildman–Crippen LogP) is 2.64. The molecule has 0 aliphatic carbocycles. The van der Waals surface area contributed by atoms with Crippen molar-refractivity contribution in [2.75, 3.05) is 39.5 Å². The lowest BCUT2D eigenvalue weighted by molar-refractivity contribution is 0.0171. The van der Waals surface area contributed by atoms with Crippen LogP contribution in [0.2, 0.25) is 0 Å². The Labute approximate surface area is 184 Å². The molecule has 2 aromatic rings. The first-order chi connectivity index (χ1) is 13.3. The van der Waals surface area contributed by atoms with Crippen molar-refractivity contribution < 1.29 is 9.47 Å². The van der Waals surface area contributed by atoms with Gasteiger partial charge in [-0.2, -0.15) is 0 Å². The Morgan fingerprint density at radius 3 is 3.11 bits per heavy atom. The summed E-state index contributed by atoms with van der Waals surface area (Å²) in [6.45, 7) is 6.77. The fourth-order valence-corrected chi connectivity index (χ4v) is 3.11. The molecule has 1 saturated heterocycles. The van der Waals surface area contributed by atoms with Crippen LogP contribution >= 0.6 is 24.0 Å². The lowest BCUT2D eigenvalue weighted by Crippen LogP contribution is -2.38. The molecule has 1 atom stereocenters. The molecule has 0 bridgehead atoms. The number of rotatable bonds is 10. The number of fused-ring (bicyclic) bond motifs is 1. The van der Waals surface area contributed by atoms with E-state index in [0.29, 0.717) is 12.7 Å². The average Bonchev–Trinajstić information content (AvgIpc) is 3.33. The number of nitrogens with one attached hydrogen (secondary N) is 2. The smallest absolute Gasteiger partial charge is 0.191 e. The van der Waals surface area contributed by atoms with Crippen molar-refractivity contribution in [3.8, 4) is 0 Å². The molecule has 1 aliphatic heterocycles. The van der Waals surface area contributed by atoms with E-state index in [0.717, 1.165) is 75.8 Å². The van der Waals surface area contributed by atoms with Crippen LogP contribution in [0.5, 0.6) is 0 Å². The molecule has 0 aromatic carbocycles. The molecule has 3 heterocycles. The highest BCUT2D eigenvalue weighted by Gasteiger charge is 2.14. The summed E-state index contributed by atoms with van der Waals surface area (Å²) in [5, 5.41) is 6.66. The van der Waals surface area contributed by atoms with Gasteiger partial charge in [0.05, 0.1) is 18.4 Å². The van der Waals surface area contributed by atoms with E-state index in [1.807, 2.05) is 28.8 Å². The summed E-state index contributed by atoms with van der Waals surface area (Å²) in [6.07, 6.45) is 8.45. The summed E-state index contributed by atoms with van der Waals surface area (Å²) in [4.78, 5) is 9.23. The monoisotopic (exact) mass is 501 g/mol. The molecule has 0 amide bonds. The van der Waals surface area contributed by atoms with Crippen LogP contribution in [0.4, 0.5) is 0 Å². The van der Waals surface area contributed by atoms with Gasteiger partial charge in [-0.05, 0) is 38.3 Å². The first-order valence-electron chi connectivity index (χ1n) is 9.99. The summed E-state index contributed by atoms with van der Waals surface area (Å²) < 4.78 is 13.3. The highest BCUT2D eigenvalue weighted by atomic mass is 127. The molecule has 3 rings (SSSR count). The van der Waals surface area contributed by atoms with Crippen molar-refractivity contribution in [2.45, 2.75) is 38.7 Å². The number of pyridine rings is 1. The Bertz CT molecular complexity index is 682. The van der Waals surface area contributed by atoms with Crippen molar-refractivity contribution in [3.05, 3.63) is 36.3 Å². The summed E-state index contributed by atoms with van der Waals surface area (Å²) in [6, 6.07) is 6.03. The molecule has 7 nitrogen and oxygen atoms in total. The second-order valence-corrected chi connectivity index (χ2v) is 6.70. The van der Waals surface area contributed by atoms with Crippen LogP contribution in [0.3, 0.4) is 0 Å². The van der Waals surface area contributed by atoms with E-state index in [9.17, 15) is 0 Å². The summed E-state index contributed by atoms with van der Waals surface area (Å²) in [7, 11) is 0. The molecule has 0 radical (unpaired) electrons. The quantitative estimate of drug-likeness (QED) is 0.227. The maximum atomic E-state index is 5.68. The minimum absolute atomic E-state index is 0. The number of imidazole rings is 1. The molecule has 28 heavy (non-hydrogen) atoms. The Hall–Kier alpha value is -1.39. The van der Waals surface area contributed by atoms with E-state index in [1.165, 1.54) is 0 Å². The number of halogens is 1. The van der Waals surface area contributed by atoms with Crippen LogP contribution in [0.25, 0.3) is 5.65 Å². The Morgan fingerprint density at radius 1 is 1.39 bits per heavy atom. The number of hydrogen-bond donors (Lipinski definition) is 2. The van der Waals surface area contributed by atoms with E-state index in [2.05, 4.69) is 33.7 Å². The van der Waals surface area contributed by atoms with Gasteiger partial charge in [0.1, 0.15) is 5.65 Å². The zero-order chi connectivity index (χ0) is 18.7. The fraction of sp³-hybridized carbons (Fsp3) is 0.600. The molecule has 1 aliphatic rings. The maximum absolute atomic E-state index is 5.68. The molecule has 156 valence electrons. The number of ether oxygens (including phenoxy) is 2. The van der Waals surface area contributed by atoms with Crippen molar-refractivity contribution in [1.82, 2.24) is 20.0 Å². The summed E-state index contributed by atoms with van der Waals surface area (Å²) >= 11 is 0. The first kappa shape index (κ1) is 22.9. The second kappa shape index (κ2) is 12.9. The van der Waals surface area contributed by atoms with Crippen LogP contribution in [-0.2, 0) is 15.9 Å². The third kappa shape index (κ3) is 7.56. The zero-order valence-electron chi connectivity index (χ0n) is 16.6. The van der Waals surface area contributed by atoms with Crippen LogP contribution < -0.4 is 10.6 Å². The second-order valence-electron chi connectivity index (χ2n) is 6.70. The van der Waals surface area contributed by atoms with Gasteiger partial charge in [0.2, 0.25) is 0 Å². The predicted molar refractivity (Wildman–Crippen MR) is 123 cm³/mol. The molecular weight excluding hydrogens is 469 g/mol. The maximum Gasteiger partial charge on any atom is 0.191 e. The van der Waals surface area contributed by atoms with Gasteiger partial charge in [0.25, 0.3) is 0 Å². The SMILES string of the molecule is CCNC(=NCCCOCC1CCCO1)NCCc1cn2ccccc2n1.I. The first-order valence-corrected chi connectivity index (χ1v) is 9.99.